The van der Waals surface area contributed by atoms with Gasteiger partial charge in [0, 0.05) is 12.1 Å². The van der Waals surface area contributed by atoms with Crippen molar-refractivity contribution in [1.29, 1.82) is 0 Å². The number of allylic oxidation sites excluding steroid dienone is 2. The van der Waals surface area contributed by atoms with Crippen LogP contribution in [0.25, 0.3) is 16.5 Å². The van der Waals surface area contributed by atoms with Crippen LogP contribution < -0.4 is 11.0 Å². The molecule has 3 aromatic rings. The Hall–Kier alpha value is -3.47. The summed E-state index contributed by atoms with van der Waals surface area (Å²) >= 11 is 0. The summed E-state index contributed by atoms with van der Waals surface area (Å²) in [4.78, 5) is 17.0. The lowest BCUT2D eigenvalue weighted by atomic mass is 9.90. The first-order chi connectivity index (χ1) is 13.3. The monoisotopic (exact) mass is 354 g/mol. The molecule has 0 radical (unpaired) electrons. The Morgan fingerprint density at radius 1 is 1.07 bits per heavy atom. The average molecular weight is 354 g/mol. The number of para-hydroxylation sites is 1. The standard InChI is InChI=1S/C22H18N4O/c27-22-19-3-1-2-4-20(19)23-14-26(22)13-15-5-7-16(8-6-15)17-9-10-18-12-24-25-21(18)11-17/h1-12,14,18,21,25H,13H2. The van der Waals surface area contributed by atoms with E-state index in [1.165, 1.54) is 5.57 Å². The maximum absolute atomic E-state index is 12.6. The Labute approximate surface area is 156 Å². The summed E-state index contributed by atoms with van der Waals surface area (Å²) in [5.74, 6) is 0.348. The molecule has 0 saturated carbocycles. The van der Waals surface area contributed by atoms with Crippen LogP contribution in [-0.2, 0) is 6.54 Å². The number of nitrogens with zero attached hydrogens (tertiary/aromatic N) is 3. The van der Waals surface area contributed by atoms with E-state index in [1.807, 2.05) is 30.5 Å². The van der Waals surface area contributed by atoms with E-state index in [4.69, 9.17) is 0 Å². The highest BCUT2D eigenvalue weighted by molar-refractivity contribution is 5.80. The highest BCUT2D eigenvalue weighted by Crippen LogP contribution is 2.26. The van der Waals surface area contributed by atoms with Gasteiger partial charge in [-0.1, -0.05) is 54.6 Å². The Morgan fingerprint density at radius 2 is 1.93 bits per heavy atom. The lowest BCUT2D eigenvalue weighted by Gasteiger charge is -2.18. The third-order valence-electron chi connectivity index (χ3n) is 5.11. The van der Waals surface area contributed by atoms with E-state index in [1.54, 1.807) is 10.9 Å². The number of nitrogens with one attached hydrogen (secondary N) is 1. The van der Waals surface area contributed by atoms with Gasteiger partial charge in [-0.05, 0) is 28.8 Å². The Balaban J connectivity index is 1.39. The van der Waals surface area contributed by atoms with Crippen molar-refractivity contribution in [3.8, 4) is 0 Å². The molecule has 2 heterocycles. The highest BCUT2D eigenvalue weighted by atomic mass is 16.1. The third-order valence-corrected chi connectivity index (χ3v) is 5.11. The van der Waals surface area contributed by atoms with Gasteiger partial charge >= 0.3 is 0 Å². The summed E-state index contributed by atoms with van der Waals surface area (Å²) in [6, 6.07) is 16.0. The smallest absolute Gasteiger partial charge is 0.261 e. The molecule has 2 atom stereocenters. The first kappa shape index (κ1) is 15.8. The normalized spacial score (nSPS) is 20.4. The molecule has 1 aromatic heterocycles. The minimum atomic E-state index is -0.0130. The number of hydrogen-bond donors (Lipinski definition) is 1. The largest absolute Gasteiger partial charge is 0.302 e. The minimum absolute atomic E-state index is 0.0130. The third kappa shape index (κ3) is 2.87. The quantitative estimate of drug-likeness (QED) is 0.787. The van der Waals surface area contributed by atoms with Crippen LogP contribution in [0, 0.1) is 5.92 Å². The number of benzene rings is 2. The molecule has 0 amide bonds. The highest BCUT2D eigenvalue weighted by Gasteiger charge is 2.23. The fraction of sp³-hybridized carbons (Fsp3) is 0.136. The predicted octanol–water partition coefficient (Wildman–Crippen LogP) is 2.97. The van der Waals surface area contributed by atoms with E-state index in [9.17, 15) is 4.79 Å². The van der Waals surface area contributed by atoms with Gasteiger partial charge in [-0.15, -0.1) is 0 Å². The molecule has 0 spiro atoms. The van der Waals surface area contributed by atoms with Crippen molar-refractivity contribution in [2.45, 2.75) is 12.6 Å². The summed E-state index contributed by atoms with van der Waals surface area (Å²) in [6.07, 6.45) is 10.1. The molecule has 2 aliphatic rings. The fourth-order valence-corrected chi connectivity index (χ4v) is 3.59. The van der Waals surface area contributed by atoms with Gasteiger partial charge in [-0.25, -0.2) is 4.98 Å². The number of rotatable bonds is 3. The molecule has 1 aliphatic heterocycles. The molecule has 5 nitrogen and oxygen atoms in total. The van der Waals surface area contributed by atoms with Crippen LogP contribution >= 0.6 is 0 Å². The zero-order valence-corrected chi connectivity index (χ0v) is 14.6. The minimum Gasteiger partial charge on any atom is -0.302 e. The lowest BCUT2D eigenvalue weighted by molar-refractivity contribution is 0.624. The molecule has 5 rings (SSSR count). The first-order valence-electron chi connectivity index (χ1n) is 9.00. The van der Waals surface area contributed by atoms with E-state index in [-0.39, 0.29) is 11.6 Å². The first-order valence-corrected chi connectivity index (χ1v) is 9.00. The topological polar surface area (TPSA) is 59.3 Å². The second-order valence-electron chi connectivity index (χ2n) is 6.88. The Kier molecular flexibility index (Phi) is 3.71. The molecule has 2 aromatic carbocycles. The summed E-state index contributed by atoms with van der Waals surface area (Å²) < 4.78 is 1.65. The van der Waals surface area contributed by atoms with Gasteiger partial charge in [0.05, 0.1) is 29.8 Å². The lowest BCUT2D eigenvalue weighted by Crippen LogP contribution is -2.25. The van der Waals surface area contributed by atoms with Gasteiger partial charge in [0.25, 0.3) is 5.56 Å². The maximum Gasteiger partial charge on any atom is 0.261 e. The second-order valence-corrected chi connectivity index (χ2v) is 6.88. The molecule has 2 unspecified atom stereocenters. The molecule has 5 heteroatoms. The van der Waals surface area contributed by atoms with Crippen molar-refractivity contribution in [1.82, 2.24) is 15.0 Å². The number of hydrazone groups is 1. The zero-order valence-electron chi connectivity index (χ0n) is 14.6. The van der Waals surface area contributed by atoms with Gasteiger partial charge in [0.1, 0.15) is 0 Å². The molecule has 0 bridgehead atoms. The van der Waals surface area contributed by atoms with Crippen LogP contribution in [0.15, 0.2) is 83.0 Å². The summed E-state index contributed by atoms with van der Waals surface area (Å²) in [7, 11) is 0. The number of hydrogen-bond acceptors (Lipinski definition) is 4. The molecule has 0 saturated heterocycles. The van der Waals surface area contributed by atoms with Gasteiger partial charge in [0.15, 0.2) is 0 Å². The molecule has 1 N–H and O–H groups in total. The van der Waals surface area contributed by atoms with Gasteiger partial charge in [-0.2, -0.15) is 5.10 Å². The van der Waals surface area contributed by atoms with E-state index in [0.29, 0.717) is 17.8 Å². The van der Waals surface area contributed by atoms with E-state index in [2.05, 4.69) is 58.0 Å². The molecule has 132 valence electrons. The van der Waals surface area contributed by atoms with Crippen LogP contribution in [0.2, 0.25) is 0 Å². The Morgan fingerprint density at radius 3 is 2.81 bits per heavy atom. The molecular formula is C22H18N4O. The zero-order chi connectivity index (χ0) is 18.2. The predicted molar refractivity (Wildman–Crippen MR) is 108 cm³/mol. The van der Waals surface area contributed by atoms with Gasteiger partial charge in [0.2, 0.25) is 0 Å². The van der Waals surface area contributed by atoms with Gasteiger partial charge in [-0.3, -0.25) is 9.36 Å². The van der Waals surface area contributed by atoms with Crippen LogP contribution in [0.4, 0.5) is 0 Å². The summed E-state index contributed by atoms with van der Waals surface area (Å²) in [6.45, 7) is 0.506. The Bertz CT molecular complexity index is 1150. The van der Waals surface area contributed by atoms with Crippen LogP contribution in [-0.4, -0.2) is 21.8 Å². The van der Waals surface area contributed by atoms with Crippen molar-refractivity contribution in [3.63, 3.8) is 0 Å². The van der Waals surface area contributed by atoms with E-state index in [0.717, 1.165) is 16.6 Å². The fourth-order valence-electron chi connectivity index (χ4n) is 3.59. The summed E-state index contributed by atoms with van der Waals surface area (Å²) in [5.41, 5.74) is 7.25. The number of fused-ring (bicyclic) bond motifs is 2. The second kappa shape index (κ2) is 6.36. The average Bonchev–Trinajstić information content (AvgIpc) is 3.19. The van der Waals surface area contributed by atoms with Crippen molar-refractivity contribution >= 4 is 22.7 Å². The van der Waals surface area contributed by atoms with Crippen molar-refractivity contribution in [2.24, 2.45) is 11.0 Å². The molecular weight excluding hydrogens is 336 g/mol. The van der Waals surface area contributed by atoms with E-state index >= 15 is 0 Å². The molecule has 1 aliphatic carbocycles. The SMILES string of the molecule is O=c1c2ccccc2ncn1Cc1ccc(C2=CC3NN=CC3C=C2)cc1. The molecule has 27 heavy (non-hydrogen) atoms. The van der Waals surface area contributed by atoms with Crippen LogP contribution in [0.1, 0.15) is 11.1 Å². The van der Waals surface area contributed by atoms with Crippen molar-refractivity contribution < 1.29 is 0 Å². The maximum atomic E-state index is 12.6. The van der Waals surface area contributed by atoms with Crippen LogP contribution in [0.3, 0.4) is 0 Å². The van der Waals surface area contributed by atoms with E-state index < -0.39 is 0 Å². The van der Waals surface area contributed by atoms with Crippen molar-refractivity contribution in [2.75, 3.05) is 0 Å². The van der Waals surface area contributed by atoms with Crippen molar-refractivity contribution in [3.05, 3.63) is 94.6 Å². The number of aromatic nitrogens is 2. The summed E-state index contributed by atoms with van der Waals surface area (Å²) in [5, 5.41) is 4.79. The molecule has 0 fully saturated rings. The van der Waals surface area contributed by atoms with Gasteiger partial charge < -0.3 is 5.43 Å². The van der Waals surface area contributed by atoms with Crippen LogP contribution in [0.5, 0.6) is 0 Å².